The lowest BCUT2D eigenvalue weighted by Crippen LogP contribution is -2.30. The highest BCUT2D eigenvalue weighted by atomic mass is 32.2. The maximum absolute atomic E-state index is 11.4. The Hall–Kier alpha value is -3.62. The number of aromatic nitrogens is 1. The molecular formula is C27H29N3O4S. The van der Waals surface area contributed by atoms with Crippen molar-refractivity contribution in [1.82, 2.24) is 9.88 Å². The van der Waals surface area contributed by atoms with Crippen LogP contribution < -0.4 is 14.2 Å². The average Bonchev–Trinajstić information content (AvgIpc) is 2.83. The molecule has 1 heterocycles. The van der Waals surface area contributed by atoms with Gasteiger partial charge in [0.1, 0.15) is 11.5 Å². The van der Waals surface area contributed by atoms with Crippen LogP contribution >= 0.6 is 0 Å². The predicted molar refractivity (Wildman–Crippen MR) is 139 cm³/mol. The van der Waals surface area contributed by atoms with Crippen molar-refractivity contribution in [2.24, 2.45) is 0 Å². The third-order valence-electron chi connectivity index (χ3n) is 5.27. The first-order chi connectivity index (χ1) is 16.8. The zero-order valence-corrected chi connectivity index (χ0v) is 20.6. The summed E-state index contributed by atoms with van der Waals surface area (Å²) in [5.74, 6) is 1.30. The molecule has 0 amide bonds. The van der Waals surface area contributed by atoms with E-state index in [0.717, 1.165) is 29.4 Å². The number of anilines is 1. The highest BCUT2D eigenvalue weighted by Crippen LogP contribution is 2.21. The van der Waals surface area contributed by atoms with Crippen LogP contribution in [0.3, 0.4) is 0 Å². The number of hydrogen-bond donors (Lipinski definition) is 1. The molecule has 0 aliphatic rings. The van der Waals surface area contributed by atoms with E-state index >= 15 is 0 Å². The lowest BCUT2D eigenvalue weighted by molar-refractivity contribution is -0.00652. The fourth-order valence-corrected chi connectivity index (χ4v) is 4.20. The maximum atomic E-state index is 11.4. The van der Waals surface area contributed by atoms with Gasteiger partial charge in [-0.1, -0.05) is 42.5 Å². The minimum atomic E-state index is -3.34. The van der Waals surface area contributed by atoms with Gasteiger partial charge in [0, 0.05) is 30.6 Å². The van der Waals surface area contributed by atoms with Gasteiger partial charge in [-0.25, -0.2) is 8.42 Å². The second-order valence-corrected chi connectivity index (χ2v) is 10.1. The molecule has 0 fully saturated rings. The normalized spacial score (nSPS) is 12.4. The molecule has 1 N–H and O–H groups in total. The van der Waals surface area contributed by atoms with E-state index in [2.05, 4.69) is 27.8 Å². The Morgan fingerprint density at radius 2 is 1.51 bits per heavy atom. The van der Waals surface area contributed by atoms with Gasteiger partial charge in [0.15, 0.2) is 0 Å². The number of nitrogens with one attached hydrogen (secondary N) is 1. The van der Waals surface area contributed by atoms with Crippen molar-refractivity contribution >= 4 is 26.6 Å². The maximum Gasteiger partial charge on any atom is 0.242 e. The fraction of sp³-hybridized carbons (Fsp3) is 0.222. The lowest BCUT2D eigenvalue weighted by Gasteiger charge is -2.23. The van der Waals surface area contributed by atoms with Crippen molar-refractivity contribution in [1.29, 1.82) is 0 Å². The van der Waals surface area contributed by atoms with Crippen molar-refractivity contribution in [3.8, 4) is 11.5 Å². The molecule has 1 unspecified atom stereocenters. The number of fused-ring (bicyclic) bond motifs is 1. The molecule has 0 radical (unpaired) electrons. The monoisotopic (exact) mass is 491 g/mol. The van der Waals surface area contributed by atoms with Crippen molar-refractivity contribution < 1.29 is 17.9 Å². The van der Waals surface area contributed by atoms with Gasteiger partial charge in [-0.3, -0.25) is 9.71 Å². The molecule has 0 saturated heterocycles. The van der Waals surface area contributed by atoms with Gasteiger partial charge in [-0.05, 0) is 55.6 Å². The molecule has 0 aliphatic carbocycles. The van der Waals surface area contributed by atoms with Crippen LogP contribution in [0.2, 0.25) is 0 Å². The van der Waals surface area contributed by atoms with Crippen LogP contribution in [-0.2, 0) is 16.6 Å². The summed E-state index contributed by atoms with van der Waals surface area (Å²) in [7, 11) is -1.29. The third-order valence-corrected chi connectivity index (χ3v) is 5.88. The SMILES string of the molecule is CN(CCC(Oc1ccccc1)Oc1ccc(NS(C)(=O)=O)cc1)Cc1ccc2ccccc2n1. The van der Waals surface area contributed by atoms with E-state index in [4.69, 9.17) is 14.5 Å². The molecular weight excluding hydrogens is 462 g/mol. The standard InChI is InChI=1S/C27H29N3O4S/c1-30(20-23-13-12-21-8-6-7-11-26(21)28-23)19-18-27(33-24-9-4-3-5-10-24)34-25-16-14-22(15-17-25)29-35(2,31)32/h3-17,27,29H,18-20H2,1-2H3. The molecule has 182 valence electrons. The van der Waals surface area contributed by atoms with Crippen molar-refractivity contribution in [3.63, 3.8) is 0 Å². The van der Waals surface area contributed by atoms with Gasteiger partial charge in [-0.2, -0.15) is 0 Å². The first kappa shape index (κ1) is 24.5. The van der Waals surface area contributed by atoms with Crippen LogP contribution in [-0.4, -0.2) is 44.4 Å². The topological polar surface area (TPSA) is 80.8 Å². The third kappa shape index (κ3) is 7.70. The van der Waals surface area contributed by atoms with E-state index in [1.54, 1.807) is 24.3 Å². The number of sulfonamides is 1. The van der Waals surface area contributed by atoms with Crippen LogP contribution in [0.5, 0.6) is 11.5 Å². The zero-order chi connectivity index (χ0) is 24.7. The number of benzene rings is 3. The molecule has 8 heteroatoms. The average molecular weight is 492 g/mol. The summed E-state index contributed by atoms with van der Waals surface area (Å²) >= 11 is 0. The van der Waals surface area contributed by atoms with Crippen LogP contribution in [0.25, 0.3) is 10.9 Å². The van der Waals surface area contributed by atoms with E-state index < -0.39 is 16.3 Å². The largest absolute Gasteiger partial charge is 0.455 e. The molecule has 0 bridgehead atoms. The molecule has 1 aromatic heterocycles. The summed E-state index contributed by atoms with van der Waals surface area (Å²) < 4.78 is 37.6. The minimum Gasteiger partial charge on any atom is -0.455 e. The number of para-hydroxylation sites is 2. The van der Waals surface area contributed by atoms with Crippen molar-refractivity contribution in [3.05, 3.63) is 96.7 Å². The highest BCUT2D eigenvalue weighted by Gasteiger charge is 2.15. The summed E-state index contributed by atoms with van der Waals surface area (Å²) in [5.41, 5.74) is 2.46. The molecule has 0 spiro atoms. The number of hydrogen-bond acceptors (Lipinski definition) is 6. The van der Waals surface area contributed by atoms with E-state index in [1.807, 2.05) is 55.6 Å². The zero-order valence-electron chi connectivity index (χ0n) is 19.8. The number of pyridine rings is 1. The van der Waals surface area contributed by atoms with Gasteiger partial charge in [-0.15, -0.1) is 0 Å². The van der Waals surface area contributed by atoms with Crippen LogP contribution in [0.15, 0.2) is 91.0 Å². The quantitative estimate of drug-likeness (QED) is 0.300. The van der Waals surface area contributed by atoms with Gasteiger partial charge >= 0.3 is 0 Å². The second-order valence-electron chi connectivity index (χ2n) is 8.40. The molecule has 0 saturated carbocycles. The Kier molecular flexibility index (Phi) is 7.84. The van der Waals surface area contributed by atoms with Gasteiger partial charge in [0.05, 0.1) is 17.5 Å². The van der Waals surface area contributed by atoms with Crippen LogP contribution in [0.4, 0.5) is 5.69 Å². The van der Waals surface area contributed by atoms with Crippen molar-refractivity contribution in [2.75, 3.05) is 24.6 Å². The Morgan fingerprint density at radius 3 is 2.23 bits per heavy atom. The molecule has 4 rings (SSSR count). The first-order valence-electron chi connectivity index (χ1n) is 11.3. The summed E-state index contributed by atoms with van der Waals surface area (Å²) in [4.78, 5) is 6.94. The summed E-state index contributed by atoms with van der Waals surface area (Å²) in [5, 5.41) is 1.13. The Morgan fingerprint density at radius 1 is 0.857 bits per heavy atom. The highest BCUT2D eigenvalue weighted by molar-refractivity contribution is 7.92. The minimum absolute atomic E-state index is 0.475. The lowest BCUT2D eigenvalue weighted by atomic mass is 10.2. The van der Waals surface area contributed by atoms with E-state index in [-0.39, 0.29) is 0 Å². The summed E-state index contributed by atoms with van der Waals surface area (Å²) in [6.07, 6.45) is 1.20. The van der Waals surface area contributed by atoms with Gasteiger partial charge in [0.25, 0.3) is 0 Å². The summed E-state index contributed by atoms with van der Waals surface area (Å²) in [6.45, 7) is 1.43. The molecule has 0 aliphatic heterocycles. The fourth-order valence-electron chi connectivity index (χ4n) is 3.64. The Bertz CT molecular complexity index is 1350. The van der Waals surface area contributed by atoms with Gasteiger partial charge < -0.3 is 14.4 Å². The van der Waals surface area contributed by atoms with E-state index in [9.17, 15) is 8.42 Å². The smallest absolute Gasteiger partial charge is 0.242 e. The van der Waals surface area contributed by atoms with Crippen LogP contribution in [0.1, 0.15) is 12.1 Å². The van der Waals surface area contributed by atoms with E-state index in [0.29, 0.717) is 30.2 Å². The Labute approximate surface area is 206 Å². The predicted octanol–water partition coefficient (Wildman–Crippen LogP) is 4.91. The number of nitrogens with zero attached hydrogens (tertiary/aromatic N) is 2. The van der Waals surface area contributed by atoms with Gasteiger partial charge in [0.2, 0.25) is 16.3 Å². The van der Waals surface area contributed by atoms with E-state index in [1.165, 1.54) is 0 Å². The Balaban J connectivity index is 1.40. The second kappa shape index (κ2) is 11.2. The molecule has 7 nitrogen and oxygen atoms in total. The molecule has 35 heavy (non-hydrogen) atoms. The van der Waals surface area contributed by atoms with Crippen molar-refractivity contribution in [2.45, 2.75) is 19.3 Å². The molecule has 4 aromatic rings. The number of rotatable bonds is 11. The molecule has 3 aromatic carbocycles. The number of ether oxygens (including phenoxy) is 2. The summed E-state index contributed by atoms with van der Waals surface area (Å²) in [6, 6.07) is 28.5. The first-order valence-corrected chi connectivity index (χ1v) is 13.2. The molecule has 1 atom stereocenters. The van der Waals surface area contributed by atoms with Crippen LogP contribution in [0, 0.1) is 0 Å².